The summed E-state index contributed by atoms with van der Waals surface area (Å²) in [6, 6.07) is 3.08. The molecule has 1 N–H and O–H groups in total. The Morgan fingerprint density at radius 2 is 2.21 bits per heavy atom. The zero-order valence-electron chi connectivity index (χ0n) is 7.89. The van der Waals surface area contributed by atoms with Gasteiger partial charge in [-0.3, -0.25) is 0 Å². The summed E-state index contributed by atoms with van der Waals surface area (Å²) in [5.74, 6) is 0.0137. The van der Waals surface area contributed by atoms with Gasteiger partial charge < -0.3 is 9.84 Å². The molecule has 0 saturated carbocycles. The molecule has 1 aromatic rings. The van der Waals surface area contributed by atoms with Crippen LogP contribution in [0.1, 0.15) is 12.0 Å². The maximum atomic E-state index is 13.5. The minimum absolute atomic E-state index is 0.0229. The summed E-state index contributed by atoms with van der Waals surface area (Å²) in [6.07, 6.45) is 0.916. The van der Waals surface area contributed by atoms with Crippen molar-refractivity contribution in [3.8, 4) is 5.75 Å². The Kier molecular flexibility index (Phi) is 4.17. The molecule has 0 aliphatic heterocycles. The Hall–Kier alpha value is -0.800. The molecule has 0 aliphatic carbocycles. The Morgan fingerprint density at radius 1 is 1.50 bits per heavy atom. The fourth-order valence-electron chi connectivity index (χ4n) is 1.25. The highest BCUT2D eigenvalue weighted by Gasteiger charge is 2.12. The largest absolute Gasteiger partial charge is 0.496 e. The first kappa shape index (κ1) is 11.3. The third-order valence-corrected chi connectivity index (χ3v) is 2.25. The molecule has 0 heterocycles. The van der Waals surface area contributed by atoms with E-state index in [9.17, 15) is 4.39 Å². The number of methoxy groups -OCH3 is 1. The zero-order chi connectivity index (χ0) is 10.6. The molecule has 0 radical (unpaired) electrons. The summed E-state index contributed by atoms with van der Waals surface area (Å²) in [7, 11) is 1.48. The molecule has 1 aromatic carbocycles. The second-order valence-corrected chi connectivity index (χ2v) is 3.28. The van der Waals surface area contributed by atoms with Gasteiger partial charge in [-0.15, -0.1) is 0 Å². The van der Waals surface area contributed by atoms with E-state index < -0.39 is 5.82 Å². The number of aliphatic hydroxyl groups excluding tert-OH is 1. The van der Waals surface area contributed by atoms with Crippen LogP contribution in [0.5, 0.6) is 5.75 Å². The lowest BCUT2D eigenvalue weighted by molar-refractivity contribution is 0.287. The van der Waals surface area contributed by atoms with Crippen molar-refractivity contribution in [2.45, 2.75) is 12.8 Å². The smallest absolute Gasteiger partial charge is 0.148 e. The molecule has 2 nitrogen and oxygen atoms in total. The molecule has 1 rings (SSSR count). The van der Waals surface area contributed by atoms with Crippen molar-refractivity contribution in [2.24, 2.45) is 0 Å². The molecule has 0 bridgehead atoms. The topological polar surface area (TPSA) is 29.5 Å². The van der Waals surface area contributed by atoms with Crippen LogP contribution in [0.25, 0.3) is 0 Å². The van der Waals surface area contributed by atoms with Gasteiger partial charge >= 0.3 is 0 Å². The summed E-state index contributed by atoms with van der Waals surface area (Å²) >= 11 is 5.63. The van der Waals surface area contributed by atoms with Crippen molar-refractivity contribution < 1.29 is 14.2 Å². The average molecular weight is 219 g/mol. The molecule has 0 amide bonds. The van der Waals surface area contributed by atoms with Crippen molar-refractivity contribution in [3.05, 3.63) is 28.5 Å². The second kappa shape index (κ2) is 5.17. The summed E-state index contributed by atoms with van der Waals surface area (Å²) in [5.41, 5.74) is 0.425. The van der Waals surface area contributed by atoms with Crippen LogP contribution in [-0.2, 0) is 6.42 Å². The third kappa shape index (κ3) is 2.36. The van der Waals surface area contributed by atoms with Crippen LogP contribution >= 0.6 is 11.6 Å². The van der Waals surface area contributed by atoms with Gasteiger partial charge in [-0.05, 0) is 25.0 Å². The summed E-state index contributed by atoms with van der Waals surface area (Å²) in [4.78, 5) is 0. The monoisotopic (exact) mass is 218 g/mol. The van der Waals surface area contributed by atoms with Gasteiger partial charge in [0.2, 0.25) is 0 Å². The van der Waals surface area contributed by atoms with Gasteiger partial charge in [0.25, 0.3) is 0 Å². The summed E-state index contributed by atoms with van der Waals surface area (Å²) in [6.45, 7) is 0.0229. The molecular formula is C10H12ClFO2. The standard InChI is InChI=1S/C10H12ClFO2/c1-14-9-5-4-8(11)10(12)7(9)3-2-6-13/h4-5,13H,2-3,6H2,1H3. The van der Waals surface area contributed by atoms with E-state index in [0.29, 0.717) is 24.2 Å². The molecule has 0 atom stereocenters. The van der Waals surface area contributed by atoms with Gasteiger partial charge in [0, 0.05) is 12.2 Å². The molecule has 4 heteroatoms. The van der Waals surface area contributed by atoms with Gasteiger partial charge in [0.05, 0.1) is 12.1 Å². The lowest BCUT2D eigenvalue weighted by Crippen LogP contribution is -1.98. The fourth-order valence-corrected chi connectivity index (χ4v) is 1.43. The number of hydrogen-bond donors (Lipinski definition) is 1. The van der Waals surface area contributed by atoms with Crippen LogP contribution in [-0.4, -0.2) is 18.8 Å². The van der Waals surface area contributed by atoms with Crippen LogP contribution < -0.4 is 4.74 Å². The number of benzene rings is 1. The first-order valence-corrected chi connectivity index (χ1v) is 4.70. The van der Waals surface area contributed by atoms with Crippen LogP contribution in [0.3, 0.4) is 0 Å². The number of aliphatic hydroxyl groups is 1. The summed E-state index contributed by atoms with van der Waals surface area (Å²) in [5, 5.41) is 8.74. The van der Waals surface area contributed by atoms with E-state index in [2.05, 4.69) is 0 Å². The SMILES string of the molecule is COc1ccc(Cl)c(F)c1CCCO. The van der Waals surface area contributed by atoms with Crippen molar-refractivity contribution >= 4 is 11.6 Å². The van der Waals surface area contributed by atoms with Crippen LogP contribution in [0.4, 0.5) is 4.39 Å². The van der Waals surface area contributed by atoms with Crippen LogP contribution in [0, 0.1) is 5.82 Å². The van der Waals surface area contributed by atoms with Crippen molar-refractivity contribution in [3.63, 3.8) is 0 Å². The number of hydrogen-bond acceptors (Lipinski definition) is 2. The Labute approximate surface area is 87.3 Å². The van der Waals surface area contributed by atoms with Crippen molar-refractivity contribution in [1.29, 1.82) is 0 Å². The minimum atomic E-state index is -0.459. The average Bonchev–Trinajstić information content (AvgIpc) is 2.20. The number of halogens is 2. The lowest BCUT2D eigenvalue weighted by atomic mass is 10.1. The Morgan fingerprint density at radius 3 is 2.79 bits per heavy atom. The molecule has 0 fully saturated rings. The van der Waals surface area contributed by atoms with E-state index in [4.69, 9.17) is 21.4 Å². The quantitative estimate of drug-likeness (QED) is 0.841. The molecule has 0 unspecified atom stereocenters. The van der Waals surface area contributed by atoms with Gasteiger partial charge in [-0.1, -0.05) is 11.6 Å². The predicted molar refractivity (Wildman–Crippen MR) is 53.4 cm³/mol. The van der Waals surface area contributed by atoms with Gasteiger partial charge in [-0.25, -0.2) is 4.39 Å². The maximum absolute atomic E-state index is 13.5. The van der Waals surface area contributed by atoms with Gasteiger partial charge in [0.1, 0.15) is 11.6 Å². The second-order valence-electron chi connectivity index (χ2n) is 2.87. The molecule has 0 aromatic heterocycles. The predicted octanol–water partition coefficient (Wildman–Crippen LogP) is 2.41. The molecule has 0 saturated heterocycles. The zero-order valence-corrected chi connectivity index (χ0v) is 8.64. The number of ether oxygens (including phenoxy) is 1. The van der Waals surface area contributed by atoms with E-state index in [1.807, 2.05) is 0 Å². The lowest BCUT2D eigenvalue weighted by Gasteiger charge is -2.09. The molecule has 78 valence electrons. The van der Waals surface area contributed by atoms with Gasteiger partial charge in [0.15, 0.2) is 0 Å². The van der Waals surface area contributed by atoms with Gasteiger partial charge in [-0.2, -0.15) is 0 Å². The Balaban J connectivity index is 3.01. The van der Waals surface area contributed by atoms with Crippen LogP contribution in [0.15, 0.2) is 12.1 Å². The minimum Gasteiger partial charge on any atom is -0.496 e. The highest BCUT2D eigenvalue weighted by Crippen LogP contribution is 2.28. The molecule has 14 heavy (non-hydrogen) atoms. The van der Waals surface area contributed by atoms with E-state index in [0.717, 1.165) is 0 Å². The third-order valence-electron chi connectivity index (χ3n) is 1.96. The first-order chi connectivity index (χ1) is 6.70. The van der Waals surface area contributed by atoms with E-state index in [1.165, 1.54) is 13.2 Å². The fraction of sp³-hybridized carbons (Fsp3) is 0.400. The Bertz CT molecular complexity index is 315. The van der Waals surface area contributed by atoms with E-state index in [1.54, 1.807) is 6.07 Å². The highest BCUT2D eigenvalue weighted by atomic mass is 35.5. The number of rotatable bonds is 4. The highest BCUT2D eigenvalue weighted by molar-refractivity contribution is 6.30. The molecule has 0 aliphatic rings. The van der Waals surface area contributed by atoms with Crippen LogP contribution in [0.2, 0.25) is 5.02 Å². The van der Waals surface area contributed by atoms with Crippen molar-refractivity contribution in [1.82, 2.24) is 0 Å². The first-order valence-electron chi connectivity index (χ1n) is 4.32. The van der Waals surface area contributed by atoms with E-state index in [-0.39, 0.29) is 11.6 Å². The maximum Gasteiger partial charge on any atom is 0.148 e. The molecular weight excluding hydrogens is 207 g/mol. The molecule has 0 spiro atoms. The normalized spacial score (nSPS) is 10.3. The summed E-state index contributed by atoms with van der Waals surface area (Å²) < 4.78 is 18.5. The van der Waals surface area contributed by atoms with Crippen molar-refractivity contribution in [2.75, 3.05) is 13.7 Å². The van der Waals surface area contributed by atoms with E-state index >= 15 is 0 Å².